The van der Waals surface area contributed by atoms with Crippen molar-refractivity contribution in [1.82, 2.24) is 5.32 Å². The largest absolute Gasteiger partial charge is 0.491 e. The smallest absolute Gasteiger partial charge is 0.254 e. The van der Waals surface area contributed by atoms with Gasteiger partial charge in [-0.2, -0.15) is 0 Å². The molecular weight excluding hydrogens is 347 g/mol. The van der Waals surface area contributed by atoms with Gasteiger partial charge in [0.2, 0.25) is 10.0 Å². The van der Waals surface area contributed by atoms with E-state index in [1.54, 1.807) is 6.07 Å². The summed E-state index contributed by atoms with van der Waals surface area (Å²) in [4.78, 5) is 11.9. The molecule has 1 amide bonds. The van der Waals surface area contributed by atoms with Crippen LogP contribution in [-0.4, -0.2) is 27.5 Å². The minimum absolute atomic E-state index is 0.0181. The number of carbonyl (C=O) groups excluding carboxylic acids is 1. The van der Waals surface area contributed by atoms with E-state index >= 15 is 0 Å². The van der Waals surface area contributed by atoms with E-state index in [1.807, 2.05) is 6.92 Å². The van der Waals surface area contributed by atoms with Crippen LogP contribution in [0.5, 0.6) is 5.75 Å². The zero-order valence-electron chi connectivity index (χ0n) is 13.7. The molecular formula is C17H19FN2O4S. The molecule has 8 heteroatoms. The number of hydrogen-bond donors (Lipinski definition) is 2. The van der Waals surface area contributed by atoms with Crippen molar-refractivity contribution in [3.8, 4) is 5.75 Å². The van der Waals surface area contributed by atoms with Crippen molar-refractivity contribution in [2.45, 2.75) is 18.2 Å². The summed E-state index contributed by atoms with van der Waals surface area (Å²) in [5, 5.41) is 7.67. The Morgan fingerprint density at radius 1 is 1.24 bits per heavy atom. The number of hydrogen-bond acceptors (Lipinski definition) is 4. The SMILES string of the molecule is CCc1cc(S(N)(=O)=O)ccc1OCCNC(=O)c1ccccc1F. The number of ether oxygens (including phenoxy) is 1. The quantitative estimate of drug-likeness (QED) is 0.731. The number of nitrogens with one attached hydrogen (secondary N) is 1. The minimum atomic E-state index is -3.77. The van der Waals surface area contributed by atoms with Crippen molar-refractivity contribution >= 4 is 15.9 Å². The van der Waals surface area contributed by atoms with Crippen LogP contribution in [0.3, 0.4) is 0 Å². The van der Waals surface area contributed by atoms with Crippen molar-refractivity contribution in [1.29, 1.82) is 0 Å². The van der Waals surface area contributed by atoms with Crippen LogP contribution in [0.1, 0.15) is 22.8 Å². The van der Waals surface area contributed by atoms with Gasteiger partial charge in [0.05, 0.1) is 17.0 Å². The molecule has 0 spiro atoms. The molecule has 2 aromatic carbocycles. The standard InChI is InChI=1S/C17H19FN2O4S/c1-2-12-11-13(25(19,22)23)7-8-16(12)24-10-9-20-17(21)14-5-3-4-6-15(14)18/h3-8,11H,2,9-10H2,1H3,(H,20,21)(H2,19,22,23). The Bertz CT molecular complexity index is 869. The number of rotatable bonds is 7. The molecule has 0 saturated carbocycles. The summed E-state index contributed by atoms with van der Waals surface area (Å²) in [7, 11) is -3.77. The topological polar surface area (TPSA) is 98.5 Å². The van der Waals surface area contributed by atoms with Gasteiger partial charge in [-0.1, -0.05) is 19.1 Å². The van der Waals surface area contributed by atoms with Crippen LogP contribution in [0.25, 0.3) is 0 Å². The maximum absolute atomic E-state index is 13.5. The molecule has 0 aliphatic carbocycles. The molecule has 0 aromatic heterocycles. The number of aryl methyl sites for hydroxylation is 1. The molecule has 0 saturated heterocycles. The highest BCUT2D eigenvalue weighted by atomic mass is 32.2. The molecule has 0 radical (unpaired) electrons. The second-order valence-corrected chi connectivity index (χ2v) is 6.81. The summed E-state index contributed by atoms with van der Waals surface area (Å²) in [6.07, 6.45) is 0.556. The monoisotopic (exact) mass is 366 g/mol. The van der Waals surface area contributed by atoms with Gasteiger partial charge in [0.1, 0.15) is 18.2 Å². The summed E-state index contributed by atoms with van der Waals surface area (Å²) in [6.45, 7) is 2.18. The number of halogens is 1. The van der Waals surface area contributed by atoms with Crippen molar-refractivity contribution in [3.05, 3.63) is 59.4 Å². The Morgan fingerprint density at radius 3 is 2.60 bits per heavy atom. The maximum atomic E-state index is 13.5. The number of carbonyl (C=O) groups is 1. The van der Waals surface area contributed by atoms with E-state index in [4.69, 9.17) is 9.88 Å². The third-order valence-electron chi connectivity index (χ3n) is 3.51. The first-order valence-electron chi connectivity index (χ1n) is 7.64. The van der Waals surface area contributed by atoms with Gasteiger partial charge in [0, 0.05) is 0 Å². The number of benzene rings is 2. The zero-order valence-corrected chi connectivity index (χ0v) is 14.5. The molecule has 25 heavy (non-hydrogen) atoms. The predicted molar refractivity (Wildman–Crippen MR) is 91.4 cm³/mol. The van der Waals surface area contributed by atoms with Gasteiger partial charge in [0.15, 0.2) is 0 Å². The molecule has 0 fully saturated rings. The highest BCUT2D eigenvalue weighted by Gasteiger charge is 2.12. The second-order valence-electron chi connectivity index (χ2n) is 5.25. The highest BCUT2D eigenvalue weighted by Crippen LogP contribution is 2.22. The maximum Gasteiger partial charge on any atom is 0.254 e. The number of nitrogens with two attached hydrogens (primary N) is 1. The lowest BCUT2D eigenvalue weighted by molar-refractivity contribution is 0.0943. The van der Waals surface area contributed by atoms with Crippen molar-refractivity contribution in [3.63, 3.8) is 0 Å². The van der Waals surface area contributed by atoms with Crippen LogP contribution in [0.15, 0.2) is 47.4 Å². The van der Waals surface area contributed by atoms with Gasteiger partial charge in [-0.05, 0) is 42.3 Å². The Kier molecular flexibility index (Phi) is 6.11. The van der Waals surface area contributed by atoms with Gasteiger partial charge >= 0.3 is 0 Å². The minimum Gasteiger partial charge on any atom is -0.491 e. The summed E-state index contributed by atoms with van der Waals surface area (Å²) in [5.41, 5.74) is 0.654. The number of amides is 1. The zero-order chi connectivity index (χ0) is 18.4. The van der Waals surface area contributed by atoms with Crippen molar-refractivity contribution in [2.75, 3.05) is 13.2 Å². The van der Waals surface area contributed by atoms with E-state index in [0.29, 0.717) is 17.7 Å². The first-order valence-corrected chi connectivity index (χ1v) is 9.18. The van der Waals surface area contributed by atoms with Crippen LogP contribution < -0.4 is 15.2 Å². The van der Waals surface area contributed by atoms with Gasteiger partial charge in [-0.3, -0.25) is 4.79 Å². The summed E-state index contributed by atoms with van der Waals surface area (Å²) in [6, 6.07) is 10.0. The van der Waals surface area contributed by atoms with Crippen molar-refractivity contribution < 1.29 is 22.3 Å². The van der Waals surface area contributed by atoms with E-state index < -0.39 is 21.7 Å². The lowest BCUT2D eigenvalue weighted by atomic mass is 10.1. The van der Waals surface area contributed by atoms with Gasteiger partial charge < -0.3 is 10.1 Å². The predicted octanol–water partition coefficient (Wildman–Crippen LogP) is 1.84. The van der Waals surface area contributed by atoms with Gasteiger partial charge in [-0.15, -0.1) is 0 Å². The third-order valence-corrected chi connectivity index (χ3v) is 4.42. The lowest BCUT2D eigenvalue weighted by Crippen LogP contribution is -2.28. The second kappa shape index (κ2) is 8.09. The van der Waals surface area contributed by atoms with Crippen LogP contribution in [-0.2, 0) is 16.4 Å². The fraction of sp³-hybridized carbons (Fsp3) is 0.235. The molecule has 0 atom stereocenters. The molecule has 2 rings (SSSR count). The Hall–Kier alpha value is -2.45. The van der Waals surface area contributed by atoms with Crippen molar-refractivity contribution in [2.24, 2.45) is 5.14 Å². The van der Waals surface area contributed by atoms with Crippen LogP contribution in [0.2, 0.25) is 0 Å². The van der Waals surface area contributed by atoms with Gasteiger partial charge in [-0.25, -0.2) is 17.9 Å². The Balaban J connectivity index is 1.94. The molecule has 0 unspecified atom stereocenters. The average Bonchev–Trinajstić information content (AvgIpc) is 2.58. The number of primary sulfonamides is 1. The Morgan fingerprint density at radius 2 is 1.96 bits per heavy atom. The molecule has 0 bridgehead atoms. The van der Waals surface area contributed by atoms with E-state index in [9.17, 15) is 17.6 Å². The van der Waals surface area contributed by atoms with Crippen LogP contribution >= 0.6 is 0 Å². The van der Waals surface area contributed by atoms with E-state index in [-0.39, 0.29) is 23.6 Å². The normalized spacial score (nSPS) is 11.2. The van der Waals surface area contributed by atoms with Crippen LogP contribution in [0.4, 0.5) is 4.39 Å². The van der Waals surface area contributed by atoms with Gasteiger partial charge in [0.25, 0.3) is 5.91 Å². The first-order chi connectivity index (χ1) is 11.8. The molecule has 0 aliphatic rings. The summed E-state index contributed by atoms with van der Waals surface area (Å²) >= 11 is 0. The Labute approximate surface area is 145 Å². The molecule has 134 valence electrons. The molecule has 0 heterocycles. The average molecular weight is 366 g/mol. The van der Waals surface area contributed by atoms with Crippen LogP contribution in [0, 0.1) is 5.82 Å². The molecule has 3 N–H and O–H groups in total. The first kappa shape index (κ1) is 18.9. The molecule has 6 nitrogen and oxygen atoms in total. The molecule has 2 aromatic rings. The molecule has 0 aliphatic heterocycles. The fourth-order valence-electron chi connectivity index (χ4n) is 2.22. The third kappa shape index (κ3) is 5.01. The summed E-state index contributed by atoms with van der Waals surface area (Å²) in [5.74, 6) is -0.607. The van der Waals surface area contributed by atoms with E-state index in [1.165, 1.54) is 36.4 Å². The lowest BCUT2D eigenvalue weighted by Gasteiger charge is -2.12. The number of sulfonamides is 1. The van der Waals surface area contributed by atoms with E-state index in [2.05, 4.69) is 5.32 Å². The fourth-order valence-corrected chi connectivity index (χ4v) is 2.78. The highest BCUT2D eigenvalue weighted by molar-refractivity contribution is 7.89. The summed E-state index contributed by atoms with van der Waals surface area (Å²) < 4.78 is 41.8. The van der Waals surface area contributed by atoms with E-state index in [0.717, 1.165) is 0 Å².